The zero-order chi connectivity index (χ0) is 18.1. The number of para-hydroxylation sites is 1. The van der Waals surface area contributed by atoms with E-state index in [4.69, 9.17) is 9.47 Å². The van der Waals surface area contributed by atoms with E-state index in [2.05, 4.69) is 10.4 Å². The molecule has 0 saturated heterocycles. The van der Waals surface area contributed by atoms with Crippen LogP contribution in [0.1, 0.15) is 51.1 Å². The van der Waals surface area contributed by atoms with E-state index in [0.717, 1.165) is 36.4 Å². The summed E-state index contributed by atoms with van der Waals surface area (Å²) >= 11 is 0. The molecule has 0 atom stereocenters. The van der Waals surface area contributed by atoms with Gasteiger partial charge >= 0.3 is 0 Å². The van der Waals surface area contributed by atoms with Gasteiger partial charge in [0.15, 0.2) is 18.1 Å². The highest BCUT2D eigenvalue weighted by Crippen LogP contribution is 2.41. The van der Waals surface area contributed by atoms with Gasteiger partial charge in [0.05, 0.1) is 12.2 Å². The lowest BCUT2D eigenvalue weighted by Crippen LogP contribution is -2.25. The fourth-order valence-electron chi connectivity index (χ4n) is 3.88. The molecule has 2 aromatic rings. The Labute approximate surface area is 153 Å². The van der Waals surface area contributed by atoms with Crippen LogP contribution < -0.4 is 14.8 Å². The van der Waals surface area contributed by atoms with Crippen LogP contribution in [0, 0.1) is 0 Å². The molecular weight excluding hydrogens is 330 g/mol. The van der Waals surface area contributed by atoms with E-state index in [9.17, 15) is 4.79 Å². The highest BCUT2D eigenvalue weighted by Gasteiger charge is 2.32. The summed E-state index contributed by atoms with van der Waals surface area (Å²) in [5, 5.41) is 7.29. The zero-order valence-electron chi connectivity index (χ0n) is 15.3. The molecule has 0 spiro atoms. The van der Waals surface area contributed by atoms with Crippen LogP contribution in [0.5, 0.6) is 11.5 Å². The van der Waals surface area contributed by atoms with Crippen LogP contribution in [0.15, 0.2) is 30.5 Å². The Morgan fingerprint density at radius 3 is 2.96 bits per heavy atom. The van der Waals surface area contributed by atoms with Gasteiger partial charge < -0.3 is 14.8 Å². The predicted molar refractivity (Wildman–Crippen MR) is 98.7 cm³/mol. The maximum absolute atomic E-state index is 12.4. The molecule has 0 radical (unpaired) electrons. The predicted octanol–water partition coefficient (Wildman–Crippen LogP) is 3.73. The minimum absolute atomic E-state index is 0.0594. The van der Waals surface area contributed by atoms with Gasteiger partial charge in [0.1, 0.15) is 11.4 Å². The van der Waals surface area contributed by atoms with Crippen LogP contribution in [0.2, 0.25) is 0 Å². The van der Waals surface area contributed by atoms with E-state index in [1.54, 1.807) is 6.20 Å². The molecule has 6 nitrogen and oxygen atoms in total. The fraction of sp³-hybridized carbons (Fsp3) is 0.500. The fourth-order valence-corrected chi connectivity index (χ4v) is 3.88. The molecule has 138 valence electrons. The lowest BCUT2D eigenvalue weighted by molar-refractivity contribution is -0.118. The Bertz CT molecular complexity index is 806. The number of hydrogen-bond donors (Lipinski definition) is 1. The molecule has 4 rings (SSSR count). The summed E-state index contributed by atoms with van der Waals surface area (Å²) in [5.41, 5.74) is 0.880. The maximum Gasteiger partial charge on any atom is 0.263 e. The number of ether oxygens (including phenoxy) is 2. The van der Waals surface area contributed by atoms with Crippen molar-refractivity contribution in [2.24, 2.45) is 0 Å². The summed E-state index contributed by atoms with van der Waals surface area (Å²) in [7, 11) is 0. The lowest BCUT2D eigenvalue weighted by atomic mass is 10.0. The molecule has 0 unspecified atom stereocenters. The van der Waals surface area contributed by atoms with Crippen molar-refractivity contribution in [3.63, 3.8) is 0 Å². The number of rotatable bonds is 5. The van der Waals surface area contributed by atoms with Gasteiger partial charge in [-0.2, -0.15) is 5.10 Å². The van der Waals surface area contributed by atoms with Gasteiger partial charge in [0.2, 0.25) is 0 Å². The Morgan fingerprint density at radius 1 is 1.35 bits per heavy atom. The number of amides is 1. The molecule has 1 aliphatic carbocycles. The second-order valence-electron chi connectivity index (χ2n) is 7.72. The quantitative estimate of drug-likeness (QED) is 0.887. The Morgan fingerprint density at radius 2 is 2.15 bits per heavy atom. The van der Waals surface area contributed by atoms with Crippen LogP contribution in [-0.2, 0) is 11.2 Å². The molecule has 2 heterocycles. The van der Waals surface area contributed by atoms with Gasteiger partial charge in [0.25, 0.3) is 5.91 Å². The first kappa shape index (κ1) is 16.9. The van der Waals surface area contributed by atoms with Gasteiger partial charge in [-0.25, -0.2) is 4.68 Å². The monoisotopic (exact) mass is 355 g/mol. The lowest BCUT2D eigenvalue weighted by Gasteiger charge is -2.18. The van der Waals surface area contributed by atoms with Gasteiger partial charge in [-0.15, -0.1) is 0 Å². The topological polar surface area (TPSA) is 65.4 Å². The number of benzene rings is 1. The average Bonchev–Trinajstić information content (AvgIpc) is 3.30. The number of aromatic nitrogens is 2. The number of nitrogens with zero attached hydrogens (tertiary/aromatic N) is 2. The second kappa shape index (κ2) is 6.67. The van der Waals surface area contributed by atoms with Crippen LogP contribution in [0.4, 0.5) is 5.82 Å². The second-order valence-corrected chi connectivity index (χ2v) is 7.72. The molecule has 1 amide bonds. The van der Waals surface area contributed by atoms with E-state index >= 15 is 0 Å². The molecule has 1 saturated carbocycles. The first-order valence-electron chi connectivity index (χ1n) is 9.29. The number of fused-ring (bicyclic) bond motifs is 1. The summed E-state index contributed by atoms with van der Waals surface area (Å²) in [6, 6.07) is 8.04. The molecule has 6 heteroatoms. The Kier molecular flexibility index (Phi) is 4.34. The third-order valence-corrected chi connectivity index (χ3v) is 5.02. The van der Waals surface area contributed by atoms with Gasteiger partial charge in [0, 0.05) is 18.1 Å². The minimum atomic E-state index is -0.238. The van der Waals surface area contributed by atoms with Crippen LogP contribution >= 0.6 is 0 Å². The number of carbonyl (C=O) groups is 1. The van der Waals surface area contributed by atoms with Crippen molar-refractivity contribution in [1.29, 1.82) is 0 Å². The van der Waals surface area contributed by atoms with Gasteiger partial charge in [-0.1, -0.05) is 25.0 Å². The highest BCUT2D eigenvalue weighted by molar-refractivity contribution is 5.91. The summed E-state index contributed by atoms with van der Waals surface area (Å²) in [6.07, 6.45) is 7.24. The summed E-state index contributed by atoms with van der Waals surface area (Å²) < 4.78 is 13.7. The third kappa shape index (κ3) is 3.41. The maximum atomic E-state index is 12.4. The van der Waals surface area contributed by atoms with Gasteiger partial charge in [-0.3, -0.25) is 4.79 Å². The smallest absolute Gasteiger partial charge is 0.263 e. The largest absolute Gasteiger partial charge is 0.483 e. The number of carbonyl (C=O) groups excluding carboxylic acids is 1. The number of anilines is 1. The molecular formula is C20H25N3O3. The van der Waals surface area contributed by atoms with Crippen molar-refractivity contribution >= 4 is 11.7 Å². The summed E-state index contributed by atoms with van der Waals surface area (Å²) in [4.78, 5) is 12.4. The van der Waals surface area contributed by atoms with Crippen molar-refractivity contribution in [1.82, 2.24) is 9.78 Å². The molecule has 1 fully saturated rings. The Balaban J connectivity index is 1.39. The van der Waals surface area contributed by atoms with E-state index in [0.29, 0.717) is 11.8 Å². The SMILES string of the molecule is CC1(C)Cc2cccc(OCC(=O)Nc3ccnn3C3CCCC3)c2O1. The van der Waals surface area contributed by atoms with E-state index in [-0.39, 0.29) is 18.1 Å². The normalized spacial score (nSPS) is 18.4. The van der Waals surface area contributed by atoms with E-state index < -0.39 is 0 Å². The molecule has 1 N–H and O–H groups in total. The van der Waals surface area contributed by atoms with Crippen LogP contribution in [0.25, 0.3) is 0 Å². The van der Waals surface area contributed by atoms with E-state index in [1.807, 2.05) is 42.8 Å². The molecule has 1 aliphatic heterocycles. The van der Waals surface area contributed by atoms with Crippen LogP contribution in [-0.4, -0.2) is 27.9 Å². The first-order chi connectivity index (χ1) is 12.5. The van der Waals surface area contributed by atoms with Crippen molar-refractivity contribution in [3.8, 4) is 11.5 Å². The van der Waals surface area contributed by atoms with Gasteiger partial charge in [-0.05, 0) is 32.8 Å². The van der Waals surface area contributed by atoms with Crippen molar-refractivity contribution < 1.29 is 14.3 Å². The van der Waals surface area contributed by atoms with Crippen LogP contribution in [0.3, 0.4) is 0 Å². The third-order valence-electron chi connectivity index (χ3n) is 5.02. The van der Waals surface area contributed by atoms with E-state index in [1.165, 1.54) is 12.8 Å². The first-order valence-corrected chi connectivity index (χ1v) is 9.29. The average molecular weight is 355 g/mol. The molecule has 0 bridgehead atoms. The van der Waals surface area contributed by atoms with Crippen molar-refractivity contribution in [3.05, 3.63) is 36.0 Å². The molecule has 1 aromatic carbocycles. The summed E-state index contributed by atoms with van der Waals surface area (Å²) in [5.74, 6) is 1.91. The zero-order valence-corrected chi connectivity index (χ0v) is 15.3. The number of nitrogens with one attached hydrogen (secondary N) is 1. The summed E-state index contributed by atoms with van der Waals surface area (Å²) in [6.45, 7) is 4.04. The number of hydrogen-bond acceptors (Lipinski definition) is 4. The van der Waals surface area contributed by atoms with Crippen molar-refractivity contribution in [2.45, 2.75) is 57.6 Å². The molecule has 1 aromatic heterocycles. The Hall–Kier alpha value is -2.50. The highest BCUT2D eigenvalue weighted by atomic mass is 16.5. The van der Waals surface area contributed by atoms with Crippen molar-refractivity contribution in [2.75, 3.05) is 11.9 Å². The molecule has 2 aliphatic rings. The minimum Gasteiger partial charge on any atom is -0.483 e. The molecule has 26 heavy (non-hydrogen) atoms. The standard InChI is InChI=1S/C20H25N3O3/c1-20(2)12-14-6-5-9-16(19(14)26-20)25-13-18(24)22-17-10-11-21-23(17)15-7-3-4-8-15/h5-6,9-11,15H,3-4,7-8,12-13H2,1-2H3,(H,22,24).